The SMILES string of the molecule is Cc1ccc(-c2cc3cccc(OCc4ccccc4)c3cc2C)cc1. The summed E-state index contributed by atoms with van der Waals surface area (Å²) >= 11 is 0. The molecule has 0 aliphatic carbocycles. The number of benzene rings is 4. The molecule has 0 saturated carbocycles. The van der Waals surface area contributed by atoms with Gasteiger partial charge < -0.3 is 4.74 Å². The number of ether oxygens (including phenoxy) is 1. The minimum absolute atomic E-state index is 0.582. The lowest BCUT2D eigenvalue weighted by molar-refractivity contribution is 0.310. The fourth-order valence-corrected chi connectivity index (χ4v) is 3.31. The molecule has 0 aliphatic heterocycles. The van der Waals surface area contributed by atoms with Crippen LogP contribution in [0.25, 0.3) is 21.9 Å². The van der Waals surface area contributed by atoms with Crippen LogP contribution in [0.4, 0.5) is 0 Å². The highest BCUT2D eigenvalue weighted by Gasteiger charge is 2.08. The zero-order valence-electron chi connectivity index (χ0n) is 15.2. The summed E-state index contributed by atoms with van der Waals surface area (Å²) in [7, 11) is 0. The maximum Gasteiger partial charge on any atom is 0.127 e. The van der Waals surface area contributed by atoms with Gasteiger partial charge in [0, 0.05) is 5.39 Å². The molecule has 0 saturated heterocycles. The Labute approximate surface area is 154 Å². The first kappa shape index (κ1) is 16.4. The van der Waals surface area contributed by atoms with E-state index in [0.717, 1.165) is 11.1 Å². The van der Waals surface area contributed by atoms with Crippen molar-refractivity contribution >= 4 is 10.8 Å². The van der Waals surface area contributed by atoms with Crippen LogP contribution in [-0.4, -0.2) is 0 Å². The van der Waals surface area contributed by atoms with Crippen molar-refractivity contribution < 1.29 is 4.74 Å². The molecule has 4 aromatic carbocycles. The number of aryl methyl sites for hydroxylation is 2. The Morgan fingerprint density at radius 3 is 2.27 bits per heavy atom. The lowest BCUT2D eigenvalue weighted by Crippen LogP contribution is -1.96. The molecule has 128 valence electrons. The summed E-state index contributed by atoms with van der Waals surface area (Å²) in [5.41, 5.74) is 6.25. The second-order valence-corrected chi connectivity index (χ2v) is 6.78. The van der Waals surface area contributed by atoms with E-state index in [1.165, 1.54) is 33.2 Å². The molecule has 4 rings (SSSR count). The van der Waals surface area contributed by atoms with Gasteiger partial charge in [-0.05, 0) is 59.7 Å². The lowest BCUT2D eigenvalue weighted by atomic mass is 9.95. The molecule has 0 aliphatic rings. The standard InChI is InChI=1S/C25H22O/c1-18-11-13-21(14-12-18)23-16-22-9-6-10-25(24(22)15-19(23)2)26-17-20-7-4-3-5-8-20/h3-16H,17H2,1-2H3. The van der Waals surface area contributed by atoms with Crippen LogP contribution in [0.2, 0.25) is 0 Å². The molecule has 0 spiro atoms. The third kappa shape index (κ3) is 3.34. The molecule has 0 radical (unpaired) electrons. The minimum Gasteiger partial charge on any atom is -0.488 e. The predicted octanol–water partition coefficient (Wildman–Crippen LogP) is 6.70. The smallest absolute Gasteiger partial charge is 0.127 e. The largest absolute Gasteiger partial charge is 0.488 e. The van der Waals surface area contributed by atoms with E-state index in [4.69, 9.17) is 4.74 Å². The highest BCUT2D eigenvalue weighted by molar-refractivity contribution is 5.93. The van der Waals surface area contributed by atoms with Crippen LogP contribution in [-0.2, 0) is 6.61 Å². The molecule has 0 aromatic heterocycles. The third-order valence-corrected chi connectivity index (χ3v) is 4.79. The number of hydrogen-bond acceptors (Lipinski definition) is 1. The van der Waals surface area contributed by atoms with E-state index >= 15 is 0 Å². The van der Waals surface area contributed by atoms with Gasteiger partial charge in [-0.2, -0.15) is 0 Å². The first-order valence-corrected chi connectivity index (χ1v) is 8.98. The Kier molecular flexibility index (Phi) is 4.45. The van der Waals surface area contributed by atoms with E-state index in [1.54, 1.807) is 0 Å². The molecular formula is C25H22O. The van der Waals surface area contributed by atoms with Gasteiger partial charge in [0.2, 0.25) is 0 Å². The van der Waals surface area contributed by atoms with Crippen LogP contribution >= 0.6 is 0 Å². The maximum atomic E-state index is 6.12. The quantitative estimate of drug-likeness (QED) is 0.402. The molecule has 1 heteroatoms. The Bertz CT molecular complexity index is 1030. The van der Waals surface area contributed by atoms with Gasteiger partial charge in [-0.15, -0.1) is 0 Å². The number of hydrogen-bond donors (Lipinski definition) is 0. The van der Waals surface area contributed by atoms with Crippen LogP contribution in [0.5, 0.6) is 5.75 Å². The van der Waals surface area contributed by atoms with E-state index in [0.29, 0.717) is 6.61 Å². The second kappa shape index (κ2) is 7.05. The normalized spacial score (nSPS) is 10.8. The second-order valence-electron chi connectivity index (χ2n) is 6.78. The highest BCUT2D eigenvalue weighted by Crippen LogP contribution is 2.33. The van der Waals surface area contributed by atoms with E-state index in [2.05, 4.69) is 80.6 Å². The summed E-state index contributed by atoms with van der Waals surface area (Å²) in [6.45, 7) is 4.87. The molecule has 0 bridgehead atoms. The monoisotopic (exact) mass is 338 g/mol. The average Bonchev–Trinajstić information content (AvgIpc) is 2.67. The minimum atomic E-state index is 0.582. The molecule has 0 amide bonds. The predicted molar refractivity (Wildman–Crippen MR) is 110 cm³/mol. The third-order valence-electron chi connectivity index (χ3n) is 4.79. The van der Waals surface area contributed by atoms with Crippen molar-refractivity contribution in [2.75, 3.05) is 0 Å². The van der Waals surface area contributed by atoms with E-state index in [-0.39, 0.29) is 0 Å². The first-order valence-electron chi connectivity index (χ1n) is 8.98. The molecule has 0 heterocycles. The van der Waals surface area contributed by atoms with Gasteiger partial charge in [0.05, 0.1) is 0 Å². The molecule has 26 heavy (non-hydrogen) atoms. The summed E-state index contributed by atoms with van der Waals surface area (Å²) in [5.74, 6) is 0.935. The van der Waals surface area contributed by atoms with Crippen molar-refractivity contribution in [1.29, 1.82) is 0 Å². The molecule has 0 N–H and O–H groups in total. The lowest BCUT2D eigenvalue weighted by Gasteiger charge is -2.13. The Morgan fingerprint density at radius 2 is 1.50 bits per heavy atom. The van der Waals surface area contributed by atoms with Crippen molar-refractivity contribution in [3.05, 3.63) is 102 Å². The maximum absolute atomic E-state index is 6.12. The van der Waals surface area contributed by atoms with Gasteiger partial charge in [-0.1, -0.05) is 72.3 Å². The van der Waals surface area contributed by atoms with Crippen molar-refractivity contribution in [2.24, 2.45) is 0 Å². The van der Waals surface area contributed by atoms with Crippen molar-refractivity contribution in [1.82, 2.24) is 0 Å². The van der Waals surface area contributed by atoms with Gasteiger partial charge >= 0.3 is 0 Å². The van der Waals surface area contributed by atoms with Gasteiger partial charge in [0.25, 0.3) is 0 Å². The molecule has 1 nitrogen and oxygen atoms in total. The Hall–Kier alpha value is -3.06. The van der Waals surface area contributed by atoms with E-state index in [9.17, 15) is 0 Å². The zero-order valence-corrected chi connectivity index (χ0v) is 15.2. The van der Waals surface area contributed by atoms with Crippen LogP contribution in [0.15, 0.2) is 84.9 Å². The van der Waals surface area contributed by atoms with Gasteiger partial charge in [-0.25, -0.2) is 0 Å². The topological polar surface area (TPSA) is 9.23 Å². The number of rotatable bonds is 4. The Balaban J connectivity index is 1.70. The van der Waals surface area contributed by atoms with Crippen molar-refractivity contribution in [3.63, 3.8) is 0 Å². The van der Waals surface area contributed by atoms with Crippen LogP contribution in [0.1, 0.15) is 16.7 Å². The Morgan fingerprint density at radius 1 is 0.731 bits per heavy atom. The molecule has 4 aromatic rings. The molecule has 0 fully saturated rings. The molecule has 0 atom stereocenters. The van der Waals surface area contributed by atoms with Gasteiger partial charge in [0.1, 0.15) is 12.4 Å². The van der Waals surface area contributed by atoms with Gasteiger partial charge in [-0.3, -0.25) is 0 Å². The summed E-state index contributed by atoms with van der Waals surface area (Å²) in [6.07, 6.45) is 0. The fourth-order valence-electron chi connectivity index (χ4n) is 3.31. The fraction of sp³-hybridized carbons (Fsp3) is 0.120. The summed E-state index contributed by atoms with van der Waals surface area (Å²) in [4.78, 5) is 0. The van der Waals surface area contributed by atoms with E-state index in [1.807, 2.05) is 18.2 Å². The summed E-state index contributed by atoms with van der Waals surface area (Å²) in [6, 6.07) is 29.8. The van der Waals surface area contributed by atoms with Crippen LogP contribution < -0.4 is 4.74 Å². The van der Waals surface area contributed by atoms with Crippen LogP contribution in [0.3, 0.4) is 0 Å². The molecular weight excluding hydrogens is 316 g/mol. The van der Waals surface area contributed by atoms with Crippen molar-refractivity contribution in [3.8, 4) is 16.9 Å². The highest BCUT2D eigenvalue weighted by atomic mass is 16.5. The zero-order chi connectivity index (χ0) is 17.9. The molecule has 0 unspecified atom stereocenters. The van der Waals surface area contributed by atoms with Gasteiger partial charge in [0.15, 0.2) is 0 Å². The first-order chi connectivity index (χ1) is 12.7. The van der Waals surface area contributed by atoms with Crippen molar-refractivity contribution in [2.45, 2.75) is 20.5 Å². The van der Waals surface area contributed by atoms with Crippen LogP contribution in [0, 0.1) is 13.8 Å². The summed E-state index contributed by atoms with van der Waals surface area (Å²) in [5, 5.41) is 2.37. The average molecular weight is 338 g/mol. The number of fused-ring (bicyclic) bond motifs is 1. The van der Waals surface area contributed by atoms with E-state index < -0.39 is 0 Å². The summed E-state index contributed by atoms with van der Waals surface area (Å²) < 4.78 is 6.12.